The Morgan fingerprint density at radius 3 is 2.65 bits per heavy atom. The zero-order valence-corrected chi connectivity index (χ0v) is 15.5. The molecule has 0 aliphatic rings. The molecule has 23 heavy (non-hydrogen) atoms. The van der Waals surface area contributed by atoms with Crippen LogP contribution in [0, 0.1) is 0 Å². The molecule has 0 saturated carbocycles. The Labute approximate surface area is 148 Å². The summed E-state index contributed by atoms with van der Waals surface area (Å²) in [4.78, 5) is 16.3. The zero-order valence-electron chi connectivity index (χ0n) is 13.2. The molecule has 0 saturated heterocycles. The van der Waals surface area contributed by atoms with Gasteiger partial charge in [-0.3, -0.25) is 4.79 Å². The van der Waals surface area contributed by atoms with Crippen molar-refractivity contribution < 1.29 is 23.7 Å². The lowest BCUT2D eigenvalue weighted by Gasteiger charge is -2.38. The molecule has 9 heteroatoms. The number of halogens is 2. The highest BCUT2D eigenvalue weighted by molar-refractivity contribution is 9.10. The van der Waals surface area contributed by atoms with Crippen LogP contribution in [0.3, 0.4) is 0 Å². The maximum atomic E-state index is 11.9. The number of nitrogens with zero attached hydrogens (tertiary/aromatic N) is 1. The van der Waals surface area contributed by atoms with Gasteiger partial charge in [-0.2, -0.15) is 0 Å². The zero-order chi connectivity index (χ0) is 17.3. The van der Waals surface area contributed by atoms with Gasteiger partial charge in [0.2, 0.25) is 11.6 Å². The van der Waals surface area contributed by atoms with E-state index in [1.807, 2.05) is 0 Å². The summed E-state index contributed by atoms with van der Waals surface area (Å²) in [5, 5.41) is 2.73. The number of hydrogen-bond donors (Lipinski definition) is 1. The number of ether oxygens (including phenoxy) is 4. The number of nitrogens with one attached hydrogen (secondary N) is 1. The maximum Gasteiger partial charge on any atom is 0.237 e. The standard InChI is InChI=1S/C14H20BrClN2O5/c1-10(22-8-20-2)14(23-9-21-3,18-13(19)7-16)11-5-4-6-12(15)17-11/h4-6,10H,7-9H2,1-3H3,(H,18,19). The third-order valence-corrected chi connectivity index (χ3v) is 3.64. The topological polar surface area (TPSA) is 78.9 Å². The van der Waals surface area contributed by atoms with Gasteiger partial charge in [0.1, 0.15) is 30.2 Å². The smallest absolute Gasteiger partial charge is 0.237 e. The molecule has 0 spiro atoms. The lowest BCUT2D eigenvalue weighted by atomic mass is 10.0. The molecule has 1 amide bonds. The SMILES string of the molecule is COCOC(C)C(NC(=O)CCl)(OCOC)c1cccc(Br)n1. The van der Waals surface area contributed by atoms with Crippen LogP contribution in [-0.2, 0) is 29.5 Å². The summed E-state index contributed by atoms with van der Waals surface area (Å²) in [6.07, 6.45) is -0.633. The minimum absolute atomic E-state index is 0.0179. The van der Waals surface area contributed by atoms with Gasteiger partial charge in [-0.05, 0) is 35.0 Å². The van der Waals surface area contributed by atoms with E-state index in [0.717, 1.165) is 0 Å². The molecule has 1 rings (SSSR count). The average molecular weight is 412 g/mol. The van der Waals surface area contributed by atoms with Crippen LogP contribution in [0.1, 0.15) is 12.6 Å². The van der Waals surface area contributed by atoms with Crippen molar-refractivity contribution in [2.45, 2.75) is 18.8 Å². The minimum atomic E-state index is -1.38. The van der Waals surface area contributed by atoms with Crippen molar-refractivity contribution in [3.05, 3.63) is 28.5 Å². The van der Waals surface area contributed by atoms with E-state index in [1.165, 1.54) is 14.2 Å². The summed E-state index contributed by atoms with van der Waals surface area (Å²) >= 11 is 8.93. The summed E-state index contributed by atoms with van der Waals surface area (Å²) in [6.45, 7) is 1.66. The first-order valence-electron chi connectivity index (χ1n) is 6.73. The average Bonchev–Trinajstić information content (AvgIpc) is 2.56. The van der Waals surface area contributed by atoms with Crippen LogP contribution in [-0.4, -0.2) is 50.7 Å². The highest BCUT2D eigenvalue weighted by Crippen LogP contribution is 2.29. The Bertz CT molecular complexity index is 508. The number of rotatable bonds is 10. The molecule has 2 unspecified atom stereocenters. The van der Waals surface area contributed by atoms with Gasteiger partial charge in [-0.1, -0.05) is 6.07 Å². The predicted molar refractivity (Wildman–Crippen MR) is 87.9 cm³/mol. The highest BCUT2D eigenvalue weighted by atomic mass is 79.9. The number of alkyl halides is 1. The Kier molecular flexibility index (Phi) is 8.96. The molecule has 1 heterocycles. The molecule has 0 bridgehead atoms. The van der Waals surface area contributed by atoms with Gasteiger partial charge in [0, 0.05) is 14.2 Å². The first-order valence-corrected chi connectivity index (χ1v) is 8.06. The fourth-order valence-corrected chi connectivity index (χ4v) is 2.31. The van der Waals surface area contributed by atoms with Crippen molar-refractivity contribution >= 4 is 33.4 Å². The molecule has 1 aromatic heterocycles. The summed E-state index contributed by atoms with van der Waals surface area (Å²) in [5.74, 6) is -0.666. The second-order valence-electron chi connectivity index (χ2n) is 4.53. The lowest BCUT2D eigenvalue weighted by molar-refractivity contribution is -0.225. The third kappa shape index (κ3) is 5.66. The van der Waals surface area contributed by atoms with Crippen LogP contribution >= 0.6 is 27.5 Å². The summed E-state index contributed by atoms with van der Waals surface area (Å²) in [5.41, 5.74) is -0.949. The van der Waals surface area contributed by atoms with Crippen molar-refractivity contribution in [1.29, 1.82) is 0 Å². The number of methoxy groups -OCH3 is 2. The Morgan fingerprint density at radius 2 is 2.09 bits per heavy atom. The molecular weight excluding hydrogens is 392 g/mol. The number of hydrogen-bond acceptors (Lipinski definition) is 6. The second kappa shape index (κ2) is 10.2. The summed E-state index contributed by atoms with van der Waals surface area (Å²) in [7, 11) is 2.97. The Balaban J connectivity index is 3.28. The van der Waals surface area contributed by atoms with Crippen LogP contribution < -0.4 is 5.32 Å². The normalized spacial score (nSPS) is 15.0. The molecule has 0 aliphatic heterocycles. The van der Waals surface area contributed by atoms with Gasteiger partial charge in [-0.25, -0.2) is 4.98 Å². The lowest BCUT2D eigenvalue weighted by Crippen LogP contribution is -2.57. The molecule has 0 aliphatic carbocycles. The highest BCUT2D eigenvalue weighted by Gasteiger charge is 2.43. The Morgan fingerprint density at radius 1 is 1.39 bits per heavy atom. The molecule has 7 nitrogen and oxygen atoms in total. The number of carbonyl (C=O) groups is 1. The summed E-state index contributed by atoms with van der Waals surface area (Å²) < 4.78 is 21.8. The molecule has 0 aromatic carbocycles. The van der Waals surface area contributed by atoms with Crippen molar-refractivity contribution in [1.82, 2.24) is 10.3 Å². The Hall–Kier alpha value is -0.770. The second-order valence-corrected chi connectivity index (χ2v) is 5.61. The van der Waals surface area contributed by atoms with E-state index in [2.05, 4.69) is 26.2 Å². The van der Waals surface area contributed by atoms with Gasteiger partial charge < -0.3 is 24.3 Å². The van der Waals surface area contributed by atoms with E-state index >= 15 is 0 Å². The number of amides is 1. The van der Waals surface area contributed by atoms with Gasteiger partial charge in [0.05, 0.1) is 5.69 Å². The summed E-state index contributed by atoms with van der Waals surface area (Å²) in [6, 6.07) is 5.24. The van der Waals surface area contributed by atoms with E-state index < -0.39 is 17.7 Å². The molecular formula is C14H20BrClN2O5. The van der Waals surface area contributed by atoms with Crippen LogP contribution in [0.15, 0.2) is 22.8 Å². The minimum Gasteiger partial charge on any atom is -0.359 e. The molecule has 1 aromatic rings. The van der Waals surface area contributed by atoms with Crippen LogP contribution in [0.2, 0.25) is 0 Å². The van der Waals surface area contributed by atoms with Crippen molar-refractivity contribution in [2.24, 2.45) is 0 Å². The number of aromatic nitrogens is 1. The van der Waals surface area contributed by atoms with E-state index in [0.29, 0.717) is 10.3 Å². The van der Waals surface area contributed by atoms with E-state index in [-0.39, 0.29) is 19.5 Å². The fourth-order valence-electron chi connectivity index (χ4n) is 1.90. The molecule has 0 radical (unpaired) electrons. The number of pyridine rings is 1. The van der Waals surface area contributed by atoms with Crippen molar-refractivity contribution in [3.63, 3.8) is 0 Å². The van der Waals surface area contributed by atoms with Gasteiger partial charge in [0.25, 0.3) is 0 Å². The van der Waals surface area contributed by atoms with Gasteiger partial charge in [0.15, 0.2) is 0 Å². The first kappa shape index (κ1) is 20.3. The number of carbonyl (C=O) groups excluding carboxylic acids is 1. The van der Waals surface area contributed by atoms with E-state index in [1.54, 1.807) is 25.1 Å². The van der Waals surface area contributed by atoms with Crippen LogP contribution in [0.5, 0.6) is 0 Å². The van der Waals surface area contributed by atoms with Crippen molar-refractivity contribution in [2.75, 3.05) is 33.7 Å². The van der Waals surface area contributed by atoms with E-state index in [9.17, 15) is 4.79 Å². The van der Waals surface area contributed by atoms with E-state index in [4.69, 9.17) is 30.5 Å². The van der Waals surface area contributed by atoms with Crippen LogP contribution in [0.25, 0.3) is 0 Å². The first-order chi connectivity index (χ1) is 11.0. The third-order valence-electron chi connectivity index (χ3n) is 2.95. The monoisotopic (exact) mass is 410 g/mol. The van der Waals surface area contributed by atoms with Crippen LogP contribution in [0.4, 0.5) is 0 Å². The quantitative estimate of drug-likeness (QED) is 0.360. The molecule has 1 N–H and O–H groups in total. The predicted octanol–water partition coefficient (Wildman–Crippen LogP) is 1.98. The molecule has 0 fully saturated rings. The largest absolute Gasteiger partial charge is 0.359 e. The van der Waals surface area contributed by atoms with Gasteiger partial charge >= 0.3 is 0 Å². The van der Waals surface area contributed by atoms with Crippen molar-refractivity contribution in [3.8, 4) is 0 Å². The van der Waals surface area contributed by atoms with Gasteiger partial charge in [-0.15, -0.1) is 11.6 Å². The maximum absolute atomic E-state index is 11.9. The fraction of sp³-hybridized carbons (Fsp3) is 0.571. The molecule has 130 valence electrons. The molecule has 2 atom stereocenters.